The predicted molar refractivity (Wildman–Crippen MR) is 187 cm³/mol. The van der Waals surface area contributed by atoms with Crippen molar-refractivity contribution in [3.05, 3.63) is 99.0 Å². The third-order valence-electron chi connectivity index (χ3n) is 8.35. The first-order valence-electron chi connectivity index (χ1n) is 15.6. The third-order valence-corrected chi connectivity index (χ3v) is 11.2. The molecule has 10 nitrogen and oxygen atoms in total. The number of benzene rings is 3. The zero-order chi connectivity index (χ0) is 33.8. The highest BCUT2D eigenvalue weighted by Crippen LogP contribution is 2.32. The minimum atomic E-state index is -4.20. The number of carbonyl (C=O) groups is 2. The minimum Gasteiger partial charge on any atom is -0.346 e. The van der Waals surface area contributed by atoms with Gasteiger partial charge in [0, 0.05) is 24.7 Å². The Hall–Kier alpha value is -3.48. The summed E-state index contributed by atoms with van der Waals surface area (Å²) in [6.45, 7) is 3.74. The van der Waals surface area contributed by atoms with Crippen LogP contribution in [0.1, 0.15) is 41.5 Å². The van der Waals surface area contributed by atoms with E-state index in [0.717, 1.165) is 53.3 Å². The second kappa shape index (κ2) is 17.6. The van der Waals surface area contributed by atoms with Crippen molar-refractivity contribution in [1.29, 1.82) is 0 Å². The number of halogens is 2. The molecular weight excluding hydrogens is 659 g/mol. The standard InChI is InChI=1S/C34H42Cl2N6O4S/c1-25-30(35)11-12-31(34(25)36)47(45,46)42(20-16-26-5-3-2-4-6-26)24-32(43)39-22-33(44)41(19-15-27-13-17-38-18-14-27)23-29-9-7-28(8-10-29)21-40-37/h2-12,21,27,38H,13-20,22-24,37H2,1H3,(H,39,43). The van der Waals surface area contributed by atoms with Crippen molar-refractivity contribution >= 4 is 51.3 Å². The lowest BCUT2D eigenvalue weighted by molar-refractivity contribution is -0.133. The number of nitrogens with zero attached hydrogens (tertiary/aromatic N) is 3. The van der Waals surface area contributed by atoms with Gasteiger partial charge in [-0.1, -0.05) is 77.8 Å². The van der Waals surface area contributed by atoms with Gasteiger partial charge in [0.15, 0.2) is 0 Å². The van der Waals surface area contributed by atoms with Gasteiger partial charge in [0.05, 0.1) is 24.3 Å². The van der Waals surface area contributed by atoms with Crippen molar-refractivity contribution in [2.75, 3.05) is 39.3 Å². The van der Waals surface area contributed by atoms with Crippen LogP contribution in [0.5, 0.6) is 0 Å². The fraction of sp³-hybridized carbons (Fsp3) is 0.382. The molecule has 1 aliphatic rings. The van der Waals surface area contributed by atoms with E-state index in [9.17, 15) is 18.0 Å². The summed E-state index contributed by atoms with van der Waals surface area (Å²) in [5, 5.41) is 9.93. The first-order chi connectivity index (χ1) is 22.6. The van der Waals surface area contributed by atoms with Crippen molar-refractivity contribution in [2.45, 2.75) is 44.0 Å². The number of hydrazone groups is 1. The number of amides is 2. The van der Waals surface area contributed by atoms with E-state index in [1.165, 1.54) is 12.1 Å². The molecule has 3 aromatic carbocycles. The average Bonchev–Trinajstić information content (AvgIpc) is 3.08. The van der Waals surface area contributed by atoms with Crippen molar-refractivity contribution in [3.8, 4) is 0 Å². The molecule has 0 unspecified atom stereocenters. The maximum Gasteiger partial charge on any atom is 0.245 e. The number of carbonyl (C=O) groups excluding carboxylic acids is 2. The molecular formula is C34H42Cl2N6O4S. The van der Waals surface area contributed by atoms with Crippen LogP contribution in [0.4, 0.5) is 0 Å². The van der Waals surface area contributed by atoms with Crippen molar-refractivity contribution in [2.24, 2.45) is 16.9 Å². The quantitative estimate of drug-likeness (QED) is 0.122. The molecule has 0 spiro atoms. The van der Waals surface area contributed by atoms with E-state index in [-0.39, 0.29) is 28.9 Å². The van der Waals surface area contributed by atoms with Gasteiger partial charge in [-0.05, 0) is 86.0 Å². The molecule has 4 rings (SSSR count). The molecule has 1 heterocycles. The van der Waals surface area contributed by atoms with Crippen LogP contribution in [-0.2, 0) is 32.6 Å². The van der Waals surface area contributed by atoms with Gasteiger partial charge in [0.25, 0.3) is 0 Å². The molecule has 252 valence electrons. The molecule has 1 saturated heterocycles. The Bertz CT molecular complexity index is 1630. The van der Waals surface area contributed by atoms with Gasteiger partial charge in [-0.2, -0.15) is 9.41 Å². The zero-order valence-electron chi connectivity index (χ0n) is 26.5. The molecule has 13 heteroatoms. The molecule has 1 aliphatic heterocycles. The Morgan fingerprint density at radius 3 is 2.38 bits per heavy atom. The maximum absolute atomic E-state index is 13.8. The van der Waals surface area contributed by atoms with Crippen LogP contribution in [-0.4, -0.2) is 74.9 Å². The highest BCUT2D eigenvalue weighted by molar-refractivity contribution is 7.89. The van der Waals surface area contributed by atoms with E-state index < -0.39 is 22.5 Å². The normalized spacial score (nSPS) is 14.0. The van der Waals surface area contributed by atoms with Crippen LogP contribution in [0.25, 0.3) is 0 Å². The molecule has 0 atom stereocenters. The van der Waals surface area contributed by atoms with Gasteiger partial charge in [-0.25, -0.2) is 8.42 Å². The molecule has 47 heavy (non-hydrogen) atoms. The largest absolute Gasteiger partial charge is 0.346 e. The SMILES string of the molecule is Cc1c(Cl)ccc(S(=O)(=O)N(CCc2ccccc2)CC(=O)NCC(=O)N(CCC2CCNCC2)Cc2ccc(C=NN)cc2)c1Cl. The summed E-state index contributed by atoms with van der Waals surface area (Å²) in [6, 6.07) is 19.8. The lowest BCUT2D eigenvalue weighted by Gasteiger charge is -2.28. The lowest BCUT2D eigenvalue weighted by atomic mass is 9.94. The molecule has 0 radical (unpaired) electrons. The summed E-state index contributed by atoms with van der Waals surface area (Å²) in [5.74, 6) is 4.92. The fourth-order valence-corrected chi connectivity index (χ4v) is 7.66. The Kier molecular flexibility index (Phi) is 13.6. The van der Waals surface area contributed by atoms with Gasteiger partial charge in [-0.15, -0.1) is 0 Å². The van der Waals surface area contributed by atoms with Gasteiger partial charge < -0.3 is 21.4 Å². The Labute approximate surface area is 287 Å². The smallest absolute Gasteiger partial charge is 0.245 e. The Morgan fingerprint density at radius 1 is 1.00 bits per heavy atom. The van der Waals surface area contributed by atoms with Crippen LogP contribution in [0.3, 0.4) is 0 Å². The van der Waals surface area contributed by atoms with E-state index in [4.69, 9.17) is 29.0 Å². The first-order valence-corrected chi connectivity index (χ1v) is 17.8. The summed E-state index contributed by atoms with van der Waals surface area (Å²) in [5.41, 5.74) is 3.11. The van der Waals surface area contributed by atoms with E-state index in [0.29, 0.717) is 36.0 Å². The molecule has 4 N–H and O–H groups in total. The van der Waals surface area contributed by atoms with E-state index in [2.05, 4.69) is 15.7 Å². The predicted octanol–water partition coefficient (Wildman–Crippen LogP) is 4.36. The highest BCUT2D eigenvalue weighted by atomic mass is 35.5. The van der Waals surface area contributed by atoms with Gasteiger partial charge in [0.2, 0.25) is 21.8 Å². The van der Waals surface area contributed by atoms with E-state index >= 15 is 0 Å². The summed E-state index contributed by atoms with van der Waals surface area (Å²) in [6.07, 6.45) is 4.88. The number of piperidine rings is 1. The Balaban J connectivity index is 1.46. The van der Waals surface area contributed by atoms with Crippen LogP contribution >= 0.6 is 23.2 Å². The third kappa shape index (κ3) is 10.5. The number of rotatable bonds is 15. The monoisotopic (exact) mass is 700 g/mol. The number of hydrogen-bond acceptors (Lipinski definition) is 7. The van der Waals surface area contributed by atoms with Crippen LogP contribution in [0, 0.1) is 12.8 Å². The van der Waals surface area contributed by atoms with Crippen LogP contribution < -0.4 is 16.5 Å². The summed E-state index contributed by atoms with van der Waals surface area (Å²) >= 11 is 12.6. The lowest BCUT2D eigenvalue weighted by Crippen LogP contribution is -2.45. The molecule has 2 amide bonds. The van der Waals surface area contributed by atoms with Gasteiger partial charge in [-0.3, -0.25) is 9.59 Å². The molecule has 0 bridgehead atoms. The summed E-state index contributed by atoms with van der Waals surface area (Å²) in [4.78, 5) is 28.4. The van der Waals surface area contributed by atoms with Gasteiger partial charge in [0.1, 0.15) is 4.90 Å². The van der Waals surface area contributed by atoms with E-state index in [1.54, 1.807) is 18.0 Å². The number of sulfonamides is 1. The Morgan fingerprint density at radius 2 is 1.70 bits per heavy atom. The molecule has 0 aliphatic carbocycles. The zero-order valence-corrected chi connectivity index (χ0v) is 28.8. The second-order valence-electron chi connectivity index (χ2n) is 11.7. The highest BCUT2D eigenvalue weighted by Gasteiger charge is 2.30. The van der Waals surface area contributed by atoms with Crippen LogP contribution in [0.2, 0.25) is 10.0 Å². The first kappa shape index (κ1) is 36.4. The van der Waals surface area contributed by atoms with Crippen molar-refractivity contribution in [1.82, 2.24) is 19.8 Å². The number of hydrogen-bond donors (Lipinski definition) is 3. The number of nitrogens with one attached hydrogen (secondary N) is 2. The summed E-state index contributed by atoms with van der Waals surface area (Å²) < 4.78 is 28.8. The fourth-order valence-electron chi connectivity index (χ4n) is 5.48. The van der Waals surface area contributed by atoms with Crippen LogP contribution in [0.15, 0.2) is 76.7 Å². The number of nitrogens with two attached hydrogens (primary N) is 1. The maximum atomic E-state index is 13.8. The second-order valence-corrected chi connectivity index (χ2v) is 14.3. The molecule has 1 fully saturated rings. The topological polar surface area (TPSA) is 137 Å². The minimum absolute atomic E-state index is 0.00512. The molecule has 3 aromatic rings. The van der Waals surface area contributed by atoms with Crippen molar-refractivity contribution in [3.63, 3.8) is 0 Å². The molecule has 0 aromatic heterocycles. The molecule has 0 saturated carbocycles. The van der Waals surface area contributed by atoms with E-state index in [1.807, 2.05) is 54.6 Å². The van der Waals surface area contributed by atoms with Gasteiger partial charge >= 0.3 is 0 Å². The average molecular weight is 702 g/mol. The van der Waals surface area contributed by atoms with Crippen molar-refractivity contribution < 1.29 is 18.0 Å². The summed E-state index contributed by atoms with van der Waals surface area (Å²) in [7, 11) is -4.20.